The molecule has 0 radical (unpaired) electrons. The Bertz CT molecular complexity index is 711. The summed E-state index contributed by atoms with van der Waals surface area (Å²) in [5.41, 5.74) is 3.27. The molecule has 2 amide bonds. The number of likely N-dealkylation sites (tertiary alicyclic amines) is 1. The number of aryl methyl sites for hydroxylation is 3. The van der Waals surface area contributed by atoms with Crippen LogP contribution in [0.25, 0.3) is 0 Å². The molecule has 1 aliphatic carbocycles. The minimum Gasteiger partial charge on any atom is -0.444 e. The van der Waals surface area contributed by atoms with Gasteiger partial charge in [0.1, 0.15) is 5.60 Å². The monoisotopic (exact) mass is 387 g/mol. The summed E-state index contributed by atoms with van der Waals surface area (Å²) < 4.78 is 5.39. The molecule has 3 rings (SSSR count). The van der Waals surface area contributed by atoms with Crippen LogP contribution in [0.3, 0.4) is 0 Å². The van der Waals surface area contributed by atoms with Gasteiger partial charge in [0.15, 0.2) is 0 Å². The van der Waals surface area contributed by atoms with Crippen LogP contribution >= 0.6 is 0 Å². The van der Waals surface area contributed by atoms with E-state index in [1.807, 2.05) is 20.8 Å². The first-order chi connectivity index (χ1) is 13.3. The number of nitrogens with one attached hydrogen (secondary N) is 1. The smallest absolute Gasteiger partial charge is 0.410 e. The van der Waals surface area contributed by atoms with Gasteiger partial charge in [0, 0.05) is 31.0 Å². The predicted octanol–water partition coefficient (Wildman–Crippen LogP) is 3.27. The van der Waals surface area contributed by atoms with Gasteiger partial charge in [-0.15, -0.1) is 0 Å². The topological polar surface area (TPSA) is 71.5 Å². The fourth-order valence-electron chi connectivity index (χ4n) is 3.86. The van der Waals surface area contributed by atoms with Gasteiger partial charge in [-0.25, -0.2) is 4.79 Å². The summed E-state index contributed by atoms with van der Waals surface area (Å²) in [6, 6.07) is 4.35. The molecule has 0 aromatic carbocycles. The Hall–Kier alpha value is -2.11. The SMILES string of the molecule is CC(C)(C)OC(=O)N1CC[C@@H](C(=O)NCCCc2ccc3c(n2)CCCC3)C1. The Morgan fingerprint density at radius 3 is 2.82 bits per heavy atom. The maximum atomic E-state index is 12.4. The van der Waals surface area contributed by atoms with Crippen LogP contribution < -0.4 is 5.32 Å². The van der Waals surface area contributed by atoms with Crippen molar-refractivity contribution in [2.75, 3.05) is 19.6 Å². The van der Waals surface area contributed by atoms with E-state index in [1.54, 1.807) is 4.90 Å². The molecule has 1 fully saturated rings. The third kappa shape index (κ3) is 5.69. The molecule has 1 aliphatic heterocycles. The Morgan fingerprint density at radius 2 is 2.04 bits per heavy atom. The zero-order chi connectivity index (χ0) is 20.1. The maximum Gasteiger partial charge on any atom is 0.410 e. The Balaban J connectivity index is 1.37. The molecule has 0 bridgehead atoms. The molecule has 2 heterocycles. The van der Waals surface area contributed by atoms with Crippen LogP contribution in [-0.2, 0) is 28.8 Å². The van der Waals surface area contributed by atoms with Crippen molar-refractivity contribution in [3.8, 4) is 0 Å². The summed E-state index contributed by atoms with van der Waals surface area (Å²) in [4.78, 5) is 30.9. The van der Waals surface area contributed by atoms with Gasteiger partial charge in [0.05, 0.1) is 5.92 Å². The van der Waals surface area contributed by atoms with E-state index in [4.69, 9.17) is 9.72 Å². The summed E-state index contributed by atoms with van der Waals surface area (Å²) in [5, 5.41) is 3.02. The maximum absolute atomic E-state index is 12.4. The molecule has 2 aliphatic rings. The summed E-state index contributed by atoms with van der Waals surface area (Å²) in [6.45, 7) is 7.20. The van der Waals surface area contributed by atoms with Gasteiger partial charge in [-0.3, -0.25) is 9.78 Å². The normalized spacial score (nSPS) is 19.2. The average molecular weight is 388 g/mol. The van der Waals surface area contributed by atoms with Crippen LogP contribution in [0.1, 0.15) is 63.4 Å². The van der Waals surface area contributed by atoms with E-state index in [0.29, 0.717) is 26.1 Å². The number of hydrogen-bond donors (Lipinski definition) is 1. The fraction of sp³-hybridized carbons (Fsp3) is 0.682. The van der Waals surface area contributed by atoms with Crippen molar-refractivity contribution in [3.05, 3.63) is 29.1 Å². The number of amides is 2. The first kappa shape index (κ1) is 20.6. The summed E-state index contributed by atoms with van der Waals surface area (Å²) in [7, 11) is 0. The van der Waals surface area contributed by atoms with Crippen LogP contribution in [0, 0.1) is 5.92 Å². The van der Waals surface area contributed by atoms with Crippen molar-refractivity contribution in [3.63, 3.8) is 0 Å². The number of carbonyl (C=O) groups is 2. The molecule has 1 aromatic rings. The number of fused-ring (bicyclic) bond motifs is 1. The zero-order valence-corrected chi connectivity index (χ0v) is 17.4. The van der Waals surface area contributed by atoms with Gasteiger partial charge < -0.3 is 15.0 Å². The molecule has 0 spiro atoms. The highest BCUT2D eigenvalue weighted by Crippen LogP contribution is 2.21. The van der Waals surface area contributed by atoms with E-state index < -0.39 is 5.60 Å². The van der Waals surface area contributed by atoms with E-state index in [9.17, 15) is 9.59 Å². The third-order valence-corrected chi connectivity index (χ3v) is 5.36. The van der Waals surface area contributed by atoms with Crippen molar-refractivity contribution in [2.45, 2.75) is 71.3 Å². The van der Waals surface area contributed by atoms with Gasteiger partial charge in [-0.05, 0) is 77.3 Å². The van der Waals surface area contributed by atoms with Crippen LogP contribution in [0.2, 0.25) is 0 Å². The highest BCUT2D eigenvalue weighted by molar-refractivity contribution is 5.80. The molecule has 28 heavy (non-hydrogen) atoms. The molecule has 0 saturated carbocycles. The highest BCUT2D eigenvalue weighted by atomic mass is 16.6. The lowest BCUT2D eigenvalue weighted by Gasteiger charge is -2.24. The van der Waals surface area contributed by atoms with Crippen molar-refractivity contribution < 1.29 is 14.3 Å². The molecule has 1 saturated heterocycles. The standard InChI is InChI=1S/C22H33N3O3/c1-22(2,3)28-21(27)25-14-12-17(15-25)20(26)23-13-6-8-18-11-10-16-7-4-5-9-19(16)24-18/h10-11,17H,4-9,12-15H2,1-3H3,(H,23,26)/t17-/m1/s1. The van der Waals surface area contributed by atoms with E-state index in [1.165, 1.54) is 24.1 Å². The van der Waals surface area contributed by atoms with Gasteiger partial charge in [-0.2, -0.15) is 0 Å². The lowest BCUT2D eigenvalue weighted by Crippen LogP contribution is -2.37. The van der Waals surface area contributed by atoms with E-state index in [2.05, 4.69) is 17.4 Å². The highest BCUT2D eigenvalue weighted by Gasteiger charge is 2.33. The number of hydrogen-bond acceptors (Lipinski definition) is 4. The number of ether oxygens (including phenoxy) is 1. The number of rotatable bonds is 5. The van der Waals surface area contributed by atoms with Crippen LogP contribution in [0.4, 0.5) is 4.79 Å². The minimum atomic E-state index is -0.512. The minimum absolute atomic E-state index is 0.0319. The van der Waals surface area contributed by atoms with Gasteiger partial charge >= 0.3 is 6.09 Å². The second-order valence-electron chi connectivity index (χ2n) is 8.92. The number of aromatic nitrogens is 1. The molecule has 154 valence electrons. The molecule has 1 N–H and O–H groups in total. The molecule has 6 heteroatoms. The Labute approximate surface area is 168 Å². The van der Waals surface area contributed by atoms with Crippen molar-refractivity contribution >= 4 is 12.0 Å². The lowest BCUT2D eigenvalue weighted by molar-refractivity contribution is -0.124. The number of pyridine rings is 1. The summed E-state index contributed by atoms with van der Waals surface area (Å²) >= 11 is 0. The second-order valence-corrected chi connectivity index (χ2v) is 8.92. The van der Waals surface area contributed by atoms with Crippen LogP contribution in [-0.4, -0.2) is 47.1 Å². The molecule has 0 unspecified atom stereocenters. The number of carbonyl (C=O) groups excluding carboxylic acids is 2. The van der Waals surface area contributed by atoms with E-state index >= 15 is 0 Å². The first-order valence-electron chi connectivity index (χ1n) is 10.5. The predicted molar refractivity (Wildman–Crippen MR) is 108 cm³/mol. The lowest BCUT2D eigenvalue weighted by atomic mass is 9.95. The quantitative estimate of drug-likeness (QED) is 0.787. The van der Waals surface area contributed by atoms with Gasteiger partial charge in [0.2, 0.25) is 5.91 Å². The molecular weight excluding hydrogens is 354 g/mol. The summed E-state index contributed by atoms with van der Waals surface area (Å²) in [5.74, 6) is -0.112. The van der Waals surface area contributed by atoms with Crippen molar-refractivity contribution in [2.24, 2.45) is 5.92 Å². The zero-order valence-electron chi connectivity index (χ0n) is 17.4. The van der Waals surface area contributed by atoms with Gasteiger partial charge in [-0.1, -0.05) is 6.07 Å². The Kier molecular flexibility index (Phi) is 6.57. The number of nitrogens with zero attached hydrogens (tertiary/aromatic N) is 2. The van der Waals surface area contributed by atoms with Crippen LogP contribution in [0.5, 0.6) is 0 Å². The summed E-state index contributed by atoms with van der Waals surface area (Å²) in [6.07, 6.45) is 6.87. The first-order valence-corrected chi connectivity index (χ1v) is 10.5. The average Bonchev–Trinajstić information content (AvgIpc) is 3.14. The van der Waals surface area contributed by atoms with E-state index in [-0.39, 0.29) is 17.9 Å². The molecular formula is C22H33N3O3. The molecule has 6 nitrogen and oxygen atoms in total. The Morgan fingerprint density at radius 1 is 1.25 bits per heavy atom. The van der Waals surface area contributed by atoms with E-state index in [0.717, 1.165) is 31.4 Å². The van der Waals surface area contributed by atoms with Crippen molar-refractivity contribution in [1.29, 1.82) is 0 Å². The fourth-order valence-corrected chi connectivity index (χ4v) is 3.86. The van der Waals surface area contributed by atoms with Gasteiger partial charge in [0.25, 0.3) is 0 Å². The molecule has 1 aromatic heterocycles. The largest absolute Gasteiger partial charge is 0.444 e. The van der Waals surface area contributed by atoms with Crippen LogP contribution in [0.15, 0.2) is 12.1 Å². The second kappa shape index (κ2) is 8.93. The van der Waals surface area contributed by atoms with Crippen molar-refractivity contribution in [1.82, 2.24) is 15.2 Å². The third-order valence-electron chi connectivity index (χ3n) is 5.36. The molecule has 1 atom stereocenters.